The van der Waals surface area contributed by atoms with Gasteiger partial charge in [-0.2, -0.15) is 0 Å². The number of nitrogens with two attached hydrogens (primary N) is 1. The van der Waals surface area contributed by atoms with Crippen LogP contribution in [-0.2, 0) is 6.54 Å². The largest absolute Gasteiger partial charge is 0.326 e. The van der Waals surface area contributed by atoms with Gasteiger partial charge in [-0.05, 0) is 43.0 Å². The van der Waals surface area contributed by atoms with Gasteiger partial charge in [0.05, 0.1) is 11.0 Å². The fourth-order valence-electron chi connectivity index (χ4n) is 2.99. The smallest absolute Gasteiger partial charge is 0.141 e. The molecule has 0 saturated heterocycles. The van der Waals surface area contributed by atoms with Crippen LogP contribution < -0.4 is 5.73 Å². The van der Waals surface area contributed by atoms with E-state index in [1.165, 1.54) is 29.5 Å². The van der Waals surface area contributed by atoms with E-state index < -0.39 is 0 Å². The van der Waals surface area contributed by atoms with Crippen LogP contribution in [0.2, 0.25) is 0 Å². The highest BCUT2D eigenvalue weighted by molar-refractivity contribution is 5.82. The molecule has 0 radical (unpaired) electrons. The summed E-state index contributed by atoms with van der Waals surface area (Å²) in [5.41, 5.74) is 11.7. The maximum atomic E-state index is 5.76. The first-order valence-electron chi connectivity index (χ1n) is 7.55. The maximum Gasteiger partial charge on any atom is 0.141 e. The van der Waals surface area contributed by atoms with Gasteiger partial charge in [-0.1, -0.05) is 30.3 Å². The molecule has 2 N–H and O–H groups in total. The zero-order chi connectivity index (χ0) is 14.4. The summed E-state index contributed by atoms with van der Waals surface area (Å²) in [6.07, 6.45) is 2.51. The molecular formula is C18H19N3. The molecule has 0 spiro atoms. The number of hydrogen-bond donors (Lipinski definition) is 1. The monoisotopic (exact) mass is 277 g/mol. The SMILES string of the molecule is Cc1ccccc1-c1nc2cc(CN)ccc2n1C1CC1. The van der Waals surface area contributed by atoms with Crippen molar-refractivity contribution in [1.82, 2.24) is 9.55 Å². The molecule has 0 aliphatic heterocycles. The standard InChI is InChI=1S/C18H19N3/c1-12-4-2-3-5-15(12)18-20-16-10-13(11-19)6-9-17(16)21(18)14-7-8-14/h2-6,9-10,14H,7-8,11,19H2,1H3. The highest BCUT2D eigenvalue weighted by Crippen LogP contribution is 2.41. The highest BCUT2D eigenvalue weighted by Gasteiger charge is 2.29. The quantitative estimate of drug-likeness (QED) is 0.791. The van der Waals surface area contributed by atoms with Crippen LogP contribution in [0.5, 0.6) is 0 Å². The first-order valence-corrected chi connectivity index (χ1v) is 7.55. The molecule has 1 aromatic heterocycles. The molecule has 2 aromatic carbocycles. The van der Waals surface area contributed by atoms with Crippen LogP contribution in [0.1, 0.15) is 30.0 Å². The minimum atomic E-state index is 0.561. The van der Waals surface area contributed by atoms with Crippen LogP contribution in [0.3, 0.4) is 0 Å². The van der Waals surface area contributed by atoms with E-state index in [2.05, 4.69) is 54.0 Å². The van der Waals surface area contributed by atoms with Crippen LogP contribution in [0.4, 0.5) is 0 Å². The van der Waals surface area contributed by atoms with Crippen molar-refractivity contribution in [1.29, 1.82) is 0 Å². The third kappa shape index (κ3) is 2.05. The number of aromatic nitrogens is 2. The average molecular weight is 277 g/mol. The van der Waals surface area contributed by atoms with Crippen molar-refractivity contribution in [3.05, 3.63) is 53.6 Å². The fourth-order valence-corrected chi connectivity index (χ4v) is 2.99. The summed E-state index contributed by atoms with van der Waals surface area (Å²) in [5.74, 6) is 1.10. The lowest BCUT2D eigenvalue weighted by atomic mass is 10.1. The molecule has 4 rings (SSSR count). The van der Waals surface area contributed by atoms with E-state index in [0.29, 0.717) is 12.6 Å². The second-order valence-electron chi connectivity index (χ2n) is 5.88. The van der Waals surface area contributed by atoms with E-state index in [0.717, 1.165) is 16.9 Å². The van der Waals surface area contributed by atoms with Crippen molar-refractivity contribution < 1.29 is 0 Å². The summed E-state index contributed by atoms with van der Waals surface area (Å²) < 4.78 is 2.41. The van der Waals surface area contributed by atoms with Crippen molar-refractivity contribution in [2.45, 2.75) is 32.4 Å². The molecule has 3 heteroatoms. The van der Waals surface area contributed by atoms with Crippen molar-refractivity contribution in [2.75, 3.05) is 0 Å². The van der Waals surface area contributed by atoms with Gasteiger partial charge in [0.25, 0.3) is 0 Å². The summed E-state index contributed by atoms with van der Waals surface area (Å²) in [6, 6.07) is 15.5. The van der Waals surface area contributed by atoms with Crippen molar-refractivity contribution in [2.24, 2.45) is 5.73 Å². The Kier molecular flexibility index (Phi) is 2.82. The van der Waals surface area contributed by atoms with Crippen LogP contribution in [0, 0.1) is 6.92 Å². The zero-order valence-electron chi connectivity index (χ0n) is 12.2. The molecule has 1 saturated carbocycles. The number of benzene rings is 2. The fraction of sp³-hybridized carbons (Fsp3) is 0.278. The summed E-state index contributed by atoms with van der Waals surface area (Å²) in [7, 11) is 0. The van der Waals surface area contributed by atoms with E-state index in [1.54, 1.807) is 0 Å². The summed E-state index contributed by atoms with van der Waals surface area (Å²) in [6.45, 7) is 2.71. The number of imidazole rings is 1. The molecule has 1 heterocycles. The molecule has 3 nitrogen and oxygen atoms in total. The van der Waals surface area contributed by atoms with Crippen molar-refractivity contribution >= 4 is 11.0 Å². The second-order valence-corrected chi connectivity index (χ2v) is 5.88. The topological polar surface area (TPSA) is 43.8 Å². The molecular weight excluding hydrogens is 258 g/mol. The van der Waals surface area contributed by atoms with Crippen LogP contribution >= 0.6 is 0 Å². The van der Waals surface area contributed by atoms with Gasteiger partial charge in [-0.15, -0.1) is 0 Å². The minimum absolute atomic E-state index is 0.561. The number of fused-ring (bicyclic) bond motifs is 1. The molecule has 1 aliphatic carbocycles. The molecule has 0 atom stereocenters. The lowest BCUT2D eigenvalue weighted by molar-refractivity contribution is 0.774. The van der Waals surface area contributed by atoms with E-state index in [9.17, 15) is 0 Å². The van der Waals surface area contributed by atoms with E-state index in [4.69, 9.17) is 10.7 Å². The number of nitrogens with zero attached hydrogens (tertiary/aromatic N) is 2. The van der Waals surface area contributed by atoms with Crippen molar-refractivity contribution in [3.63, 3.8) is 0 Å². The normalized spacial score (nSPS) is 14.8. The third-order valence-electron chi connectivity index (χ3n) is 4.29. The Morgan fingerprint density at radius 2 is 2.00 bits per heavy atom. The Morgan fingerprint density at radius 3 is 2.71 bits per heavy atom. The van der Waals surface area contributed by atoms with Gasteiger partial charge in [0.15, 0.2) is 0 Å². The van der Waals surface area contributed by atoms with Gasteiger partial charge in [-0.3, -0.25) is 0 Å². The van der Waals surface area contributed by atoms with Crippen molar-refractivity contribution in [3.8, 4) is 11.4 Å². The first-order chi connectivity index (χ1) is 10.3. The van der Waals surface area contributed by atoms with Gasteiger partial charge in [0, 0.05) is 18.2 Å². The molecule has 0 amide bonds. The predicted molar refractivity (Wildman–Crippen MR) is 86.1 cm³/mol. The lowest BCUT2D eigenvalue weighted by Gasteiger charge is -2.09. The zero-order valence-corrected chi connectivity index (χ0v) is 12.2. The summed E-state index contributed by atoms with van der Waals surface area (Å²) >= 11 is 0. The average Bonchev–Trinajstić information content (AvgIpc) is 3.27. The van der Waals surface area contributed by atoms with Gasteiger partial charge >= 0.3 is 0 Å². The first kappa shape index (κ1) is 12.6. The van der Waals surface area contributed by atoms with Crippen LogP contribution in [-0.4, -0.2) is 9.55 Å². The minimum Gasteiger partial charge on any atom is -0.326 e. The van der Waals surface area contributed by atoms with Gasteiger partial charge in [0.1, 0.15) is 5.82 Å². The summed E-state index contributed by atoms with van der Waals surface area (Å²) in [5, 5.41) is 0. The molecule has 21 heavy (non-hydrogen) atoms. The van der Waals surface area contributed by atoms with Crippen LogP contribution in [0.15, 0.2) is 42.5 Å². The number of aryl methyl sites for hydroxylation is 1. The van der Waals surface area contributed by atoms with E-state index in [1.807, 2.05) is 0 Å². The second kappa shape index (κ2) is 4.71. The molecule has 3 aromatic rings. The molecule has 0 unspecified atom stereocenters. The van der Waals surface area contributed by atoms with Gasteiger partial charge < -0.3 is 10.3 Å². The molecule has 1 fully saturated rings. The van der Waals surface area contributed by atoms with Gasteiger partial charge in [-0.25, -0.2) is 4.98 Å². The Balaban J connectivity index is 1.99. The Hall–Kier alpha value is -2.13. The highest BCUT2D eigenvalue weighted by atomic mass is 15.1. The third-order valence-corrected chi connectivity index (χ3v) is 4.29. The maximum absolute atomic E-state index is 5.76. The number of rotatable bonds is 3. The summed E-state index contributed by atoms with van der Waals surface area (Å²) in [4.78, 5) is 4.92. The predicted octanol–water partition coefficient (Wildman–Crippen LogP) is 3.81. The van der Waals surface area contributed by atoms with E-state index in [-0.39, 0.29) is 0 Å². The van der Waals surface area contributed by atoms with Crippen LogP contribution in [0.25, 0.3) is 22.4 Å². The lowest BCUT2D eigenvalue weighted by Crippen LogP contribution is -1.99. The van der Waals surface area contributed by atoms with E-state index >= 15 is 0 Å². The number of hydrogen-bond acceptors (Lipinski definition) is 2. The Bertz CT molecular complexity index is 812. The van der Waals surface area contributed by atoms with Gasteiger partial charge in [0.2, 0.25) is 0 Å². The molecule has 106 valence electrons. The Labute approximate surface area is 124 Å². The molecule has 1 aliphatic rings. The molecule has 0 bridgehead atoms. The Morgan fingerprint density at radius 1 is 1.19 bits per heavy atom.